The number of aromatic nitrogens is 3. The van der Waals surface area contributed by atoms with Crippen LogP contribution in [0.3, 0.4) is 0 Å². The van der Waals surface area contributed by atoms with E-state index in [1.54, 1.807) is 0 Å². The molecule has 4 heterocycles. The maximum atomic E-state index is 5.46. The average Bonchev–Trinajstić information content (AvgIpc) is 3.93. The molecule has 0 bridgehead atoms. The molecule has 0 atom stereocenters. The topological polar surface area (TPSA) is 30.7 Å². The lowest BCUT2D eigenvalue weighted by Crippen LogP contribution is -2.03. The summed E-state index contributed by atoms with van der Waals surface area (Å²) in [5.74, 6) is 0.671. The van der Waals surface area contributed by atoms with Gasteiger partial charge in [-0.3, -0.25) is 4.57 Å². The lowest BCUT2D eigenvalue weighted by molar-refractivity contribution is 1.02. The molecule has 5 heteroatoms. The van der Waals surface area contributed by atoms with E-state index in [0.29, 0.717) is 5.95 Å². The fourth-order valence-corrected chi connectivity index (χ4v) is 10.8. The van der Waals surface area contributed by atoms with E-state index in [0.717, 1.165) is 33.2 Å². The molecular weight excluding hydrogens is 707 g/mol. The van der Waals surface area contributed by atoms with Crippen LogP contribution in [0.4, 0.5) is 0 Å². The summed E-state index contributed by atoms with van der Waals surface area (Å²) in [5, 5.41) is 8.55. The fourth-order valence-electron chi connectivity index (χ4n) is 8.50. The van der Waals surface area contributed by atoms with Crippen molar-refractivity contribution in [3.63, 3.8) is 0 Å². The third-order valence-corrected chi connectivity index (χ3v) is 13.4. The van der Waals surface area contributed by atoms with Crippen LogP contribution in [-0.4, -0.2) is 14.5 Å². The molecule has 0 spiro atoms. The summed E-state index contributed by atoms with van der Waals surface area (Å²) in [6.07, 6.45) is 0. The van der Waals surface area contributed by atoms with Gasteiger partial charge in [0.2, 0.25) is 5.95 Å². The van der Waals surface area contributed by atoms with Gasteiger partial charge in [0.25, 0.3) is 0 Å². The number of fused-ring (bicyclic) bond motifs is 11. The molecule has 4 aromatic heterocycles. The van der Waals surface area contributed by atoms with Gasteiger partial charge in [-0.05, 0) is 58.7 Å². The maximum Gasteiger partial charge on any atom is 0.235 e. The molecule has 0 fully saturated rings. The van der Waals surface area contributed by atoms with E-state index in [-0.39, 0.29) is 0 Å². The van der Waals surface area contributed by atoms with E-state index < -0.39 is 0 Å². The Labute approximate surface area is 324 Å². The summed E-state index contributed by atoms with van der Waals surface area (Å²) in [7, 11) is 0. The van der Waals surface area contributed by atoms with E-state index in [2.05, 4.69) is 180 Å². The number of para-hydroxylation sites is 2. The monoisotopic (exact) mass is 735 g/mol. The first-order chi connectivity index (χ1) is 27.3. The number of hydrogen-bond acceptors (Lipinski definition) is 4. The maximum absolute atomic E-state index is 5.46. The Balaban J connectivity index is 1.12. The van der Waals surface area contributed by atoms with Crippen molar-refractivity contribution in [3.05, 3.63) is 176 Å². The SMILES string of the molecule is c1ccc(-c2ccc(-c3nc(-n4c5ccccc5c5ccc6sc7ccc(-c8cccc9c8sc8ccccc89)cc7c6c54)nc4ccccc34)cc2)cc1. The highest BCUT2D eigenvalue weighted by molar-refractivity contribution is 7.26. The van der Waals surface area contributed by atoms with E-state index in [1.807, 2.05) is 22.7 Å². The van der Waals surface area contributed by atoms with Crippen molar-refractivity contribution in [2.24, 2.45) is 0 Å². The highest BCUT2D eigenvalue weighted by Crippen LogP contribution is 2.46. The van der Waals surface area contributed by atoms with Crippen molar-refractivity contribution >= 4 is 95.7 Å². The average molecular weight is 736 g/mol. The van der Waals surface area contributed by atoms with Gasteiger partial charge in [-0.2, -0.15) is 0 Å². The third-order valence-electron chi connectivity index (χ3n) is 11.0. The van der Waals surface area contributed by atoms with Gasteiger partial charge in [0.05, 0.1) is 22.2 Å². The summed E-state index contributed by atoms with van der Waals surface area (Å²) < 4.78 is 7.48. The molecule has 0 saturated heterocycles. The van der Waals surface area contributed by atoms with Gasteiger partial charge in [0, 0.05) is 62.1 Å². The van der Waals surface area contributed by atoms with Crippen LogP contribution in [0.5, 0.6) is 0 Å². The van der Waals surface area contributed by atoms with Crippen LogP contribution in [0, 0.1) is 0 Å². The predicted molar refractivity (Wildman–Crippen MR) is 236 cm³/mol. The Bertz CT molecular complexity index is 3480. The third kappa shape index (κ3) is 4.67. The van der Waals surface area contributed by atoms with Gasteiger partial charge in [-0.1, -0.05) is 140 Å². The highest BCUT2D eigenvalue weighted by Gasteiger charge is 2.22. The molecule has 0 aliphatic carbocycles. The van der Waals surface area contributed by atoms with E-state index >= 15 is 0 Å². The first-order valence-electron chi connectivity index (χ1n) is 18.5. The van der Waals surface area contributed by atoms with Crippen LogP contribution in [0.1, 0.15) is 0 Å². The minimum Gasteiger partial charge on any atom is -0.277 e. The normalized spacial score (nSPS) is 12.0. The summed E-state index contributed by atoms with van der Waals surface area (Å²) in [6, 6.07) is 63.4. The number of hydrogen-bond donors (Lipinski definition) is 0. The molecule has 0 unspecified atom stereocenters. The molecule has 12 aromatic rings. The second-order valence-electron chi connectivity index (χ2n) is 14.1. The molecule has 0 N–H and O–H groups in total. The Kier molecular flexibility index (Phi) is 6.67. The minimum atomic E-state index is 0.671. The Morgan fingerprint density at radius 2 is 1.07 bits per heavy atom. The molecule has 0 aliphatic rings. The second kappa shape index (κ2) is 11.9. The summed E-state index contributed by atoms with van der Waals surface area (Å²) in [6.45, 7) is 0. The van der Waals surface area contributed by atoms with Crippen LogP contribution >= 0.6 is 22.7 Å². The van der Waals surface area contributed by atoms with Crippen molar-refractivity contribution in [1.82, 2.24) is 14.5 Å². The van der Waals surface area contributed by atoms with Crippen LogP contribution in [0.25, 0.3) is 113 Å². The van der Waals surface area contributed by atoms with Gasteiger partial charge < -0.3 is 0 Å². The smallest absolute Gasteiger partial charge is 0.235 e. The zero-order valence-corrected chi connectivity index (χ0v) is 31.0. The van der Waals surface area contributed by atoms with Crippen molar-refractivity contribution in [3.8, 4) is 39.5 Å². The van der Waals surface area contributed by atoms with E-state index in [1.165, 1.54) is 73.4 Å². The van der Waals surface area contributed by atoms with Gasteiger partial charge in [-0.15, -0.1) is 22.7 Å². The fraction of sp³-hybridized carbons (Fsp3) is 0. The largest absolute Gasteiger partial charge is 0.277 e. The Morgan fingerprint density at radius 1 is 0.400 bits per heavy atom. The molecule has 3 nitrogen and oxygen atoms in total. The number of rotatable bonds is 4. The van der Waals surface area contributed by atoms with E-state index in [9.17, 15) is 0 Å². The highest BCUT2D eigenvalue weighted by atomic mass is 32.1. The molecule has 256 valence electrons. The van der Waals surface area contributed by atoms with Gasteiger partial charge in [0.15, 0.2) is 0 Å². The minimum absolute atomic E-state index is 0.671. The van der Waals surface area contributed by atoms with Gasteiger partial charge in [0.1, 0.15) is 0 Å². The molecule has 55 heavy (non-hydrogen) atoms. The summed E-state index contributed by atoms with van der Waals surface area (Å²) in [4.78, 5) is 10.8. The Hall–Kier alpha value is -6.66. The quantitative estimate of drug-likeness (QED) is 0.180. The number of benzene rings is 8. The molecule has 0 aliphatic heterocycles. The van der Waals surface area contributed by atoms with Crippen molar-refractivity contribution < 1.29 is 0 Å². The lowest BCUT2D eigenvalue weighted by atomic mass is 10.00. The molecule has 0 radical (unpaired) electrons. The van der Waals surface area contributed by atoms with Gasteiger partial charge >= 0.3 is 0 Å². The second-order valence-corrected chi connectivity index (χ2v) is 16.2. The first-order valence-corrected chi connectivity index (χ1v) is 20.1. The first kappa shape index (κ1) is 30.8. The van der Waals surface area contributed by atoms with Crippen LogP contribution in [-0.2, 0) is 0 Å². The number of nitrogens with zero attached hydrogens (tertiary/aromatic N) is 3. The lowest BCUT2D eigenvalue weighted by Gasteiger charge is -2.13. The summed E-state index contributed by atoms with van der Waals surface area (Å²) >= 11 is 3.73. The van der Waals surface area contributed by atoms with Crippen LogP contribution < -0.4 is 0 Å². The predicted octanol–water partition coefficient (Wildman–Crippen LogP) is 14.5. The van der Waals surface area contributed by atoms with Gasteiger partial charge in [-0.25, -0.2) is 9.97 Å². The van der Waals surface area contributed by atoms with Crippen molar-refractivity contribution in [1.29, 1.82) is 0 Å². The zero-order chi connectivity index (χ0) is 36.0. The molecule has 0 saturated carbocycles. The van der Waals surface area contributed by atoms with Crippen LogP contribution in [0.2, 0.25) is 0 Å². The Morgan fingerprint density at radius 3 is 1.96 bits per heavy atom. The summed E-state index contributed by atoms with van der Waals surface area (Å²) in [5.41, 5.74) is 10.0. The molecule has 0 amide bonds. The standard InChI is InChI=1S/C50H29N3S2/c1-2-11-30(12-3-1)31-21-23-32(24-22-31)47-39-15-4-7-18-41(39)51-50(52-47)53-42-19-8-5-13-35(42)37-26-28-45-46(48(37)53)40-29-33(25-27-44(40)54-45)34-16-10-17-38-36-14-6-9-20-43(36)55-49(34)38/h1-29H. The van der Waals surface area contributed by atoms with Crippen molar-refractivity contribution in [2.75, 3.05) is 0 Å². The zero-order valence-electron chi connectivity index (χ0n) is 29.4. The van der Waals surface area contributed by atoms with E-state index in [4.69, 9.17) is 9.97 Å². The molecule has 12 rings (SSSR count). The molecular formula is C50H29N3S2. The van der Waals surface area contributed by atoms with Crippen LogP contribution in [0.15, 0.2) is 176 Å². The number of thiophene rings is 2. The van der Waals surface area contributed by atoms with Crippen molar-refractivity contribution in [2.45, 2.75) is 0 Å². The molecule has 8 aromatic carbocycles.